The molecule has 5 nitrogen and oxygen atoms in total. The number of carbonyl (C=O) groups excluding carboxylic acids is 2. The molecular weight excluding hydrogens is 284 g/mol. The Morgan fingerprint density at radius 2 is 1.68 bits per heavy atom. The molecule has 3 rings (SSSR count). The highest BCUT2D eigenvalue weighted by molar-refractivity contribution is 5.81. The summed E-state index contributed by atoms with van der Waals surface area (Å²) in [5, 5.41) is 9.65. The van der Waals surface area contributed by atoms with Crippen molar-refractivity contribution < 1.29 is 24.2 Å². The molecular formula is C17H24O5. The molecule has 0 amide bonds. The minimum absolute atomic E-state index is 0.0127. The van der Waals surface area contributed by atoms with Crippen LogP contribution in [0.25, 0.3) is 0 Å². The molecule has 22 heavy (non-hydrogen) atoms. The van der Waals surface area contributed by atoms with Crippen molar-refractivity contribution in [3.8, 4) is 0 Å². The number of esters is 2. The third-order valence-corrected chi connectivity index (χ3v) is 5.72. The third-order valence-electron chi connectivity index (χ3n) is 5.72. The van der Waals surface area contributed by atoms with Gasteiger partial charge in [0.15, 0.2) is 0 Å². The Hall–Kier alpha value is -1.36. The Kier molecular flexibility index (Phi) is 4.52. The predicted octanol–water partition coefficient (Wildman–Crippen LogP) is 1.69. The van der Waals surface area contributed by atoms with Crippen molar-refractivity contribution >= 4 is 11.9 Å². The number of aliphatic hydroxyl groups excluding tert-OH is 1. The van der Waals surface area contributed by atoms with Crippen LogP contribution in [0.2, 0.25) is 0 Å². The Morgan fingerprint density at radius 1 is 1.09 bits per heavy atom. The molecule has 0 spiro atoms. The first kappa shape index (κ1) is 15.5. The van der Waals surface area contributed by atoms with E-state index >= 15 is 0 Å². The van der Waals surface area contributed by atoms with E-state index in [1.54, 1.807) is 0 Å². The largest absolute Gasteiger partial charge is 0.463 e. The van der Waals surface area contributed by atoms with Gasteiger partial charge in [-0.05, 0) is 55.8 Å². The molecule has 122 valence electrons. The van der Waals surface area contributed by atoms with Crippen molar-refractivity contribution in [3.05, 3.63) is 12.7 Å². The van der Waals surface area contributed by atoms with Crippen LogP contribution in [0.1, 0.15) is 32.1 Å². The van der Waals surface area contributed by atoms with Gasteiger partial charge in [-0.3, -0.25) is 4.79 Å². The van der Waals surface area contributed by atoms with E-state index in [4.69, 9.17) is 9.47 Å². The summed E-state index contributed by atoms with van der Waals surface area (Å²) in [5.41, 5.74) is 0. The fourth-order valence-electron chi connectivity index (χ4n) is 4.79. The molecule has 0 radical (unpaired) electrons. The van der Waals surface area contributed by atoms with Gasteiger partial charge in [0.05, 0.1) is 5.92 Å². The fraction of sp³-hybridized carbons (Fsp3) is 0.765. The van der Waals surface area contributed by atoms with Gasteiger partial charge in [0.25, 0.3) is 0 Å². The number of hydrogen-bond donors (Lipinski definition) is 1. The maximum atomic E-state index is 12.2. The molecule has 3 saturated carbocycles. The second-order valence-electron chi connectivity index (χ2n) is 6.95. The average molecular weight is 308 g/mol. The summed E-state index contributed by atoms with van der Waals surface area (Å²) in [6.07, 6.45) is 5.99. The predicted molar refractivity (Wildman–Crippen MR) is 78.7 cm³/mol. The van der Waals surface area contributed by atoms with Crippen molar-refractivity contribution in [2.75, 3.05) is 13.2 Å². The second-order valence-corrected chi connectivity index (χ2v) is 6.95. The van der Waals surface area contributed by atoms with E-state index < -0.39 is 12.1 Å². The highest BCUT2D eigenvalue weighted by Crippen LogP contribution is 2.60. The highest BCUT2D eigenvalue weighted by atomic mass is 16.6. The van der Waals surface area contributed by atoms with Crippen LogP contribution in [0.3, 0.4) is 0 Å². The van der Waals surface area contributed by atoms with Gasteiger partial charge >= 0.3 is 11.9 Å². The molecule has 5 heteroatoms. The molecule has 0 aromatic heterocycles. The SMILES string of the molecule is C=CC(=O)OCC(O)COC(=O)C1CC2C3CCC(C3)C2C1. The van der Waals surface area contributed by atoms with Gasteiger partial charge in [-0.25, -0.2) is 4.79 Å². The number of fused-ring (bicyclic) bond motifs is 5. The van der Waals surface area contributed by atoms with Crippen molar-refractivity contribution in [1.29, 1.82) is 0 Å². The van der Waals surface area contributed by atoms with Gasteiger partial charge < -0.3 is 14.6 Å². The lowest BCUT2D eigenvalue weighted by atomic mass is 9.82. The van der Waals surface area contributed by atoms with Crippen molar-refractivity contribution in [2.45, 2.75) is 38.2 Å². The first-order valence-electron chi connectivity index (χ1n) is 8.22. The van der Waals surface area contributed by atoms with Gasteiger partial charge in [-0.15, -0.1) is 0 Å². The van der Waals surface area contributed by atoms with Crippen LogP contribution in [-0.4, -0.2) is 36.4 Å². The summed E-state index contributed by atoms with van der Waals surface area (Å²) in [4.78, 5) is 23.0. The lowest BCUT2D eigenvalue weighted by Gasteiger charge is -2.23. The fourth-order valence-corrected chi connectivity index (χ4v) is 4.79. The van der Waals surface area contributed by atoms with Crippen molar-refractivity contribution in [3.63, 3.8) is 0 Å². The lowest BCUT2D eigenvalue weighted by molar-refractivity contribution is -0.154. The van der Waals surface area contributed by atoms with Gasteiger partial charge in [0.2, 0.25) is 0 Å². The summed E-state index contributed by atoms with van der Waals surface area (Å²) in [5.74, 6) is 2.28. The monoisotopic (exact) mass is 308 g/mol. The molecule has 3 aliphatic carbocycles. The molecule has 0 heterocycles. The minimum Gasteiger partial charge on any atom is -0.463 e. The van der Waals surface area contributed by atoms with Gasteiger partial charge in [0.1, 0.15) is 19.3 Å². The van der Waals surface area contributed by atoms with E-state index in [0.717, 1.165) is 42.6 Å². The standard InChI is InChI=1S/C17H24O5/c1-2-16(19)21-8-13(18)9-22-17(20)12-6-14-10-3-4-11(5-10)15(14)7-12/h2,10-15,18H,1,3-9H2. The maximum absolute atomic E-state index is 12.2. The van der Waals surface area contributed by atoms with Crippen LogP contribution < -0.4 is 0 Å². The van der Waals surface area contributed by atoms with Gasteiger partial charge in [-0.1, -0.05) is 6.58 Å². The molecule has 0 aromatic rings. The molecule has 0 saturated heterocycles. The Bertz CT molecular complexity index is 442. The zero-order valence-electron chi connectivity index (χ0n) is 12.8. The third kappa shape index (κ3) is 3.05. The van der Waals surface area contributed by atoms with E-state index in [1.165, 1.54) is 19.3 Å². The number of aliphatic hydroxyl groups is 1. The summed E-state index contributed by atoms with van der Waals surface area (Å²) in [6.45, 7) is 2.96. The number of rotatable bonds is 6. The van der Waals surface area contributed by atoms with Crippen LogP contribution in [0.5, 0.6) is 0 Å². The van der Waals surface area contributed by atoms with Crippen molar-refractivity contribution in [2.24, 2.45) is 29.6 Å². The summed E-state index contributed by atoms with van der Waals surface area (Å²) in [6, 6.07) is 0. The topological polar surface area (TPSA) is 72.8 Å². The van der Waals surface area contributed by atoms with E-state index in [0.29, 0.717) is 0 Å². The smallest absolute Gasteiger partial charge is 0.330 e. The Balaban J connectivity index is 1.40. The maximum Gasteiger partial charge on any atom is 0.330 e. The van der Waals surface area contributed by atoms with E-state index in [9.17, 15) is 14.7 Å². The van der Waals surface area contributed by atoms with Crippen LogP contribution in [-0.2, 0) is 19.1 Å². The molecule has 0 aliphatic heterocycles. The first-order valence-corrected chi connectivity index (χ1v) is 8.22. The molecule has 5 unspecified atom stereocenters. The van der Waals surface area contributed by atoms with Crippen LogP contribution >= 0.6 is 0 Å². The molecule has 5 atom stereocenters. The highest BCUT2D eigenvalue weighted by Gasteiger charge is 2.53. The number of hydrogen-bond acceptors (Lipinski definition) is 5. The minimum atomic E-state index is -0.982. The van der Waals surface area contributed by atoms with E-state index in [-0.39, 0.29) is 25.1 Å². The average Bonchev–Trinajstić information content (AvgIpc) is 3.21. The van der Waals surface area contributed by atoms with Gasteiger partial charge in [0, 0.05) is 6.08 Å². The zero-order chi connectivity index (χ0) is 15.7. The Labute approximate surface area is 130 Å². The number of carbonyl (C=O) groups is 2. The molecule has 3 fully saturated rings. The number of ether oxygens (including phenoxy) is 2. The van der Waals surface area contributed by atoms with E-state index in [2.05, 4.69) is 6.58 Å². The zero-order valence-corrected chi connectivity index (χ0v) is 12.8. The molecule has 1 N–H and O–H groups in total. The molecule has 0 aromatic carbocycles. The van der Waals surface area contributed by atoms with Crippen LogP contribution in [0, 0.1) is 29.6 Å². The summed E-state index contributed by atoms with van der Waals surface area (Å²) in [7, 11) is 0. The van der Waals surface area contributed by atoms with E-state index in [1.807, 2.05) is 0 Å². The molecule has 2 bridgehead atoms. The lowest BCUT2D eigenvalue weighted by Crippen LogP contribution is -2.27. The normalized spacial score (nSPS) is 36.7. The quantitative estimate of drug-likeness (QED) is 0.597. The Morgan fingerprint density at radius 3 is 2.27 bits per heavy atom. The first-order chi connectivity index (χ1) is 10.6. The molecule has 3 aliphatic rings. The van der Waals surface area contributed by atoms with Gasteiger partial charge in [-0.2, -0.15) is 0 Å². The van der Waals surface area contributed by atoms with Crippen molar-refractivity contribution in [1.82, 2.24) is 0 Å². The summed E-state index contributed by atoms with van der Waals surface area (Å²) >= 11 is 0. The second kappa shape index (κ2) is 6.41. The van der Waals surface area contributed by atoms with Crippen LogP contribution in [0.4, 0.5) is 0 Å². The van der Waals surface area contributed by atoms with Crippen LogP contribution in [0.15, 0.2) is 12.7 Å². The summed E-state index contributed by atoms with van der Waals surface area (Å²) < 4.78 is 9.91.